The maximum atomic E-state index is 12.6. The lowest BCUT2D eigenvalue weighted by Gasteiger charge is -2.13. The van der Waals surface area contributed by atoms with E-state index in [2.05, 4.69) is 45.4 Å². The highest BCUT2D eigenvalue weighted by atomic mass is 35.5. The topological polar surface area (TPSA) is 78.3 Å². The Balaban J connectivity index is 1.73. The second-order valence-corrected chi connectivity index (χ2v) is 8.89. The molecule has 0 atom stereocenters. The first-order valence-electron chi connectivity index (χ1n) is 9.29. The van der Waals surface area contributed by atoms with E-state index >= 15 is 0 Å². The van der Waals surface area contributed by atoms with Crippen molar-refractivity contribution >= 4 is 46.3 Å². The normalized spacial score (nSPS) is 10.8. The summed E-state index contributed by atoms with van der Waals surface area (Å²) in [5.74, 6) is 1.73. The predicted molar refractivity (Wildman–Crippen MR) is 122 cm³/mol. The van der Waals surface area contributed by atoms with Crippen molar-refractivity contribution in [3.05, 3.63) is 33.5 Å². The summed E-state index contributed by atoms with van der Waals surface area (Å²) >= 11 is 9.14. The smallest absolute Gasteiger partial charge is 0.234 e. The number of carbonyl (C=O) groups is 1. The van der Waals surface area contributed by atoms with E-state index < -0.39 is 0 Å². The number of aromatic nitrogens is 3. The molecule has 160 valence electrons. The van der Waals surface area contributed by atoms with Crippen LogP contribution in [0.3, 0.4) is 0 Å². The number of anilines is 1. The number of amides is 1. The minimum absolute atomic E-state index is 0.179. The van der Waals surface area contributed by atoms with Crippen molar-refractivity contribution < 1.29 is 14.3 Å². The minimum atomic E-state index is -0.193. The van der Waals surface area contributed by atoms with E-state index in [-0.39, 0.29) is 11.7 Å². The fourth-order valence-corrected chi connectivity index (χ4v) is 4.55. The van der Waals surface area contributed by atoms with Gasteiger partial charge in [0, 0.05) is 34.5 Å². The number of ether oxygens (including phenoxy) is 2. The van der Waals surface area contributed by atoms with E-state index in [0.717, 1.165) is 24.4 Å². The third-order valence-electron chi connectivity index (χ3n) is 4.23. The molecule has 10 heteroatoms. The molecule has 0 aliphatic rings. The Morgan fingerprint density at radius 1 is 1.23 bits per heavy atom. The zero-order valence-corrected chi connectivity index (χ0v) is 19.6. The van der Waals surface area contributed by atoms with Crippen LogP contribution in [-0.2, 0) is 11.3 Å². The Morgan fingerprint density at radius 2 is 2.00 bits per heavy atom. The highest BCUT2D eigenvalue weighted by Crippen LogP contribution is 2.36. The van der Waals surface area contributed by atoms with Gasteiger partial charge in [-0.05, 0) is 19.4 Å². The molecule has 2 heterocycles. The molecule has 7 nitrogen and oxygen atoms in total. The molecule has 3 rings (SSSR count). The third-order valence-corrected chi connectivity index (χ3v) is 6.36. The van der Waals surface area contributed by atoms with Crippen LogP contribution in [0, 0.1) is 6.92 Å². The minimum Gasteiger partial charge on any atom is -0.495 e. The van der Waals surface area contributed by atoms with Crippen molar-refractivity contribution in [2.24, 2.45) is 0 Å². The number of nitrogens with one attached hydrogen (secondary N) is 1. The number of thioether (sulfide) groups is 1. The molecule has 0 fully saturated rings. The van der Waals surface area contributed by atoms with Crippen LogP contribution in [0.5, 0.6) is 11.5 Å². The van der Waals surface area contributed by atoms with Gasteiger partial charge in [-0.1, -0.05) is 30.3 Å². The third kappa shape index (κ3) is 5.08. The average Bonchev–Trinajstić information content (AvgIpc) is 3.33. The Labute approximate surface area is 188 Å². The molecule has 0 saturated heterocycles. The van der Waals surface area contributed by atoms with Gasteiger partial charge in [0.2, 0.25) is 5.91 Å². The number of hydrogen-bond acceptors (Lipinski definition) is 7. The number of nitrogens with zero attached hydrogens (tertiary/aromatic N) is 3. The Bertz CT molecular complexity index is 1040. The number of carbonyl (C=O) groups excluding carboxylic acids is 1. The first-order valence-corrected chi connectivity index (χ1v) is 11.5. The lowest BCUT2D eigenvalue weighted by Crippen LogP contribution is -2.15. The zero-order valence-electron chi connectivity index (χ0n) is 17.2. The van der Waals surface area contributed by atoms with E-state index in [1.165, 1.54) is 30.9 Å². The molecular weight excluding hydrogens is 444 g/mol. The lowest BCUT2D eigenvalue weighted by molar-refractivity contribution is -0.113. The van der Waals surface area contributed by atoms with Crippen LogP contribution >= 0.6 is 34.7 Å². The van der Waals surface area contributed by atoms with Crippen molar-refractivity contribution in [1.29, 1.82) is 0 Å². The zero-order chi connectivity index (χ0) is 21.7. The second kappa shape index (κ2) is 10.2. The van der Waals surface area contributed by atoms with Gasteiger partial charge in [0.25, 0.3) is 0 Å². The van der Waals surface area contributed by atoms with Crippen LogP contribution in [0.2, 0.25) is 5.02 Å². The van der Waals surface area contributed by atoms with Crippen molar-refractivity contribution in [2.75, 3.05) is 25.3 Å². The van der Waals surface area contributed by atoms with Crippen LogP contribution in [0.15, 0.2) is 28.7 Å². The van der Waals surface area contributed by atoms with E-state index in [4.69, 9.17) is 21.1 Å². The van der Waals surface area contributed by atoms with Crippen molar-refractivity contribution in [2.45, 2.75) is 32.0 Å². The van der Waals surface area contributed by atoms with E-state index in [9.17, 15) is 4.79 Å². The van der Waals surface area contributed by atoms with Crippen LogP contribution in [0.1, 0.15) is 18.2 Å². The number of rotatable bonds is 9. The molecule has 3 aromatic rings. The highest BCUT2D eigenvalue weighted by Gasteiger charge is 2.17. The van der Waals surface area contributed by atoms with Gasteiger partial charge in [0.15, 0.2) is 11.0 Å². The Kier molecular flexibility index (Phi) is 7.63. The molecular formula is C20H23ClN4O3S2. The van der Waals surface area contributed by atoms with Gasteiger partial charge in [-0.25, -0.2) is 0 Å². The van der Waals surface area contributed by atoms with Gasteiger partial charge in [-0.3, -0.25) is 4.79 Å². The molecule has 2 aromatic heterocycles. The highest BCUT2D eigenvalue weighted by molar-refractivity contribution is 7.99. The molecule has 1 N–H and O–H groups in total. The number of thiophene rings is 1. The number of aryl methyl sites for hydroxylation is 1. The quantitative estimate of drug-likeness (QED) is 0.440. The average molecular weight is 467 g/mol. The number of benzene rings is 1. The summed E-state index contributed by atoms with van der Waals surface area (Å²) in [4.78, 5) is 13.8. The Hall–Kier alpha value is -2.23. The largest absolute Gasteiger partial charge is 0.495 e. The first-order chi connectivity index (χ1) is 14.5. The molecule has 0 radical (unpaired) electrons. The van der Waals surface area contributed by atoms with Gasteiger partial charge in [0.05, 0.1) is 30.7 Å². The van der Waals surface area contributed by atoms with Crippen LogP contribution in [-0.4, -0.2) is 40.6 Å². The fraction of sp³-hybridized carbons (Fsp3) is 0.350. The summed E-state index contributed by atoms with van der Waals surface area (Å²) < 4.78 is 12.6. The summed E-state index contributed by atoms with van der Waals surface area (Å²) in [6.07, 6.45) is 0.940. The van der Waals surface area contributed by atoms with Crippen LogP contribution in [0.25, 0.3) is 11.4 Å². The van der Waals surface area contributed by atoms with Crippen molar-refractivity contribution in [3.8, 4) is 22.9 Å². The number of methoxy groups -OCH3 is 2. The molecule has 0 bridgehead atoms. The molecule has 0 saturated carbocycles. The van der Waals surface area contributed by atoms with Gasteiger partial charge < -0.3 is 19.4 Å². The molecule has 0 spiro atoms. The molecule has 0 unspecified atom stereocenters. The maximum absolute atomic E-state index is 12.6. The molecule has 0 aliphatic carbocycles. The maximum Gasteiger partial charge on any atom is 0.234 e. The second-order valence-electron chi connectivity index (χ2n) is 6.43. The van der Waals surface area contributed by atoms with E-state index in [0.29, 0.717) is 27.4 Å². The lowest BCUT2D eigenvalue weighted by atomic mass is 10.2. The number of hydrogen-bond donors (Lipinski definition) is 1. The number of halogens is 1. The predicted octanol–water partition coefficient (Wildman–Crippen LogP) is 5.13. The molecule has 0 aliphatic heterocycles. The van der Waals surface area contributed by atoms with Crippen LogP contribution in [0.4, 0.5) is 5.69 Å². The van der Waals surface area contributed by atoms with Crippen molar-refractivity contribution in [1.82, 2.24) is 14.8 Å². The first kappa shape index (κ1) is 22.5. The van der Waals surface area contributed by atoms with Gasteiger partial charge >= 0.3 is 0 Å². The van der Waals surface area contributed by atoms with Gasteiger partial charge in [-0.15, -0.1) is 21.5 Å². The fourth-order valence-electron chi connectivity index (χ4n) is 2.87. The van der Waals surface area contributed by atoms with E-state index in [1.54, 1.807) is 23.5 Å². The summed E-state index contributed by atoms with van der Waals surface area (Å²) in [7, 11) is 3.03. The van der Waals surface area contributed by atoms with Crippen LogP contribution < -0.4 is 14.8 Å². The molecule has 1 amide bonds. The summed E-state index contributed by atoms with van der Waals surface area (Å²) in [5.41, 5.74) is 1.54. The molecule has 1 aromatic carbocycles. The van der Waals surface area contributed by atoms with Gasteiger partial charge in [0.1, 0.15) is 11.5 Å². The van der Waals surface area contributed by atoms with Crippen molar-refractivity contribution in [3.63, 3.8) is 0 Å². The van der Waals surface area contributed by atoms with Gasteiger partial charge in [-0.2, -0.15) is 0 Å². The Morgan fingerprint density at radius 3 is 2.63 bits per heavy atom. The SMILES string of the molecule is CCCn1c(SCC(=O)Nc2cc(OC)c(Cl)cc2OC)nnc1-c1csc(C)c1. The molecule has 30 heavy (non-hydrogen) atoms. The van der Waals surface area contributed by atoms with E-state index in [1.807, 2.05) is 0 Å². The summed E-state index contributed by atoms with van der Waals surface area (Å²) in [6.45, 7) is 4.95. The summed E-state index contributed by atoms with van der Waals surface area (Å²) in [6, 6.07) is 5.35. The standard InChI is InChI=1S/C20H23ClN4O3S2/c1-5-6-25-19(13-7-12(2)29-10-13)23-24-20(25)30-11-18(26)22-15-9-16(27-3)14(21)8-17(15)28-4/h7-10H,5-6,11H2,1-4H3,(H,22,26). The monoisotopic (exact) mass is 466 g/mol. The summed E-state index contributed by atoms with van der Waals surface area (Å²) in [5, 5.41) is 14.7.